The molecule has 4 amide bonds. The summed E-state index contributed by atoms with van der Waals surface area (Å²) in [7, 11) is 0. The molecule has 1 N–H and O–H groups in total. The molecule has 8 rings (SSSR count). The van der Waals surface area contributed by atoms with E-state index in [9.17, 15) is 29.6 Å². The van der Waals surface area contributed by atoms with Crippen molar-refractivity contribution in [2.75, 3.05) is 23.0 Å². The van der Waals surface area contributed by atoms with Crippen molar-refractivity contribution >= 4 is 52.3 Å². The summed E-state index contributed by atoms with van der Waals surface area (Å²) in [5.41, 5.74) is 0.604. The first kappa shape index (κ1) is 33.5. The fraction of sp³-hybridized carbons (Fsp3) is 0.250. The van der Waals surface area contributed by atoms with Crippen molar-refractivity contribution < 1.29 is 33.9 Å². The third-order valence-electron chi connectivity index (χ3n) is 11.0. The van der Waals surface area contributed by atoms with Gasteiger partial charge in [-0.05, 0) is 54.7 Å². The highest BCUT2D eigenvalue weighted by atomic mass is 35.5. The zero-order valence-corrected chi connectivity index (χ0v) is 28.4. The maximum Gasteiger partial charge on any atom is 0.271 e. The Bertz CT molecular complexity index is 2190. The largest absolute Gasteiger partial charge is 0.491 e. The number of anilines is 2. The van der Waals surface area contributed by atoms with Gasteiger partial charge in [-0.3, -0.25) is 29.3 Å². The summed E-state index contributed by atoms with van der Waals surface area (Å²) < 4.78 is 6.08. The number of para-hydroxylation sites is 1. The topological polar surface area (TPSA) is 147 Å². The summed E-state index contributed by atoms with van der Waals surface area (Å²) >= 11 is 6.39. The smallest absolute Gasteiger partial charge is 0.271 e. The fourth-order valence-electron chi connectivity index (χ4n) is 9.09. The van der Waals surface area contributed by atoms with Crippen LogP contribution in [-0.4, -0.2) is 46.9 Å². The van der Waals surface area contributed by atoms with Crippen LogP contribution in [0.1, 0.15) is 29.9 Å². The number of non-ortho nitro benzene ring substituents is 1. The van der Waals surface area contributed by atoms with Crippen LogP contribution < -0.4 is 14.5 Å². The lowest BCUT2D eigenvalue weighted by Gasteiger charge is -2.51. The number of benzene rings is 4. The van der Waals surface area contributed by atoms with Gasteiger partial charge in [0, 0.05) is 28.6 Å². The number of fused-ring (bicyclic) bond motifs is 4. The Labute approximate surface area is 303 Å². The lowest BCUT2D eigenvalue weighted by atomic mass is 9.49. The van der Waals surface area contributed by atoms with Gasteiger partial charge in [0.25, 0.3) is 5.69 Å². The van der Waals surface area contributed by atoms with E-state index in [2.05, 4.69) is 0 Å². The molecule has 0 spiro atoms. The number of halogens is 1. The number of aliphatic hydroxyl groups excluding tert-OH is 1. The molecule has 262 valence electrons. The number of nitrogens with zero attached hydrogens (tertiary/aromatic N) is 3. The third kappa shape index (κ3) is 4.91. The average Bonchev–Trinajstić information content (AvgIpc) is 3.55. The Balaban J connectivity index is 1.35. The Morgan fingerprint density at radius 2 is 1.54 bits per heavy atom. The molecule has 2 aliphatic carbocycles. The molecule has 3 fully saturated rings. The number of imide groups is 2. The van der Waals surface area contributed by atoms with Crippen LogP contribution in [0.2, 0.25) is 5.02 Å². The predicted molar refractivity (Wildman–Crippen MR) is 191 cm³/mol. The van der Waals surface area contributed by atoms with Crippen LogP contribution in [0.25, 0.3) is 0 Å². The van der Waals surface area contributed by atoms with Crippen LogP contribution in [0.4, 0.5) is 17.1 Å². The van der Waals surface area contributed by atoms with Gasteiger partial charge in [0.15, 0.2) is 0 Å². The molecule has 4 aromatic rings. The number of ether oxygens (including phenoxy) is 1. The van der Waals surface area contributed by atoms with E-state index in [-0.39, 0.29) is 37.4 Å². The average molecular weight is 718 g/mol. The highest BCUT2D eigenvalue weighted by molar-refractivity contribution is 6.32. The molecular weight excluding hydrogens is 686 g/mol. The Hall–Kier alpha value is -5.65. The molecule has 1 saturated carbocycles. The standard InChI is InChI=1S/C40H32ClN3O8/c41-24-10-6-11-25(20-24)43-37(47)32-22-31-28(16-17-30-34(31)38(48)42(36(30)46)26-12-7-13-27(21-26)44(50)51)35(29-14-4-5-15-33(29)52-19-18-45)40(32,39(43)49)23-8-2-1-3-9-23/h1-16,20-21,30-32,34-35,45H,17-19,22H2. The number of hydrogen-bond acceptors (Lipinski definition) is 8. The number of amides is 4. The van der Waals surface area contributed by atoms with Gasteiger partial charge >= 0.3 is 0 Å². The summed E-state index contributed by atoms with van der Waals surface area (Å²) in [6.07, 6.45) is 2.20. The van der Waals surface area contributed by atoms with E-state index in [4.69, 9.17) is 16.3 Å². The van der Waals surface area contributed by atoms with E-state index in [0.29, 0.717) is 27.6 Å². The number of aliphatic hydroxyl groups is 1. The minimum atomic E-state index is -1.50. The number of hydrogen-bond donors (Lipinski definition) is 1. The molecule has 2 heterocycles. The van der Waals surface area contributed by atoms with E-state index in [0.717, 1.165) is 10.5 Å². The third-order valence-corrected chi connectivity index (χ3v) is 11.3. The Morgan fingerprint density at radius 1 is 0.827 bits per heavy atom. The first-order valence-corrected chi connectivity index (χ1v) is 17.4. The number of rotatable bonds is 8. The van der Waals surface area contributed by atoms with Crippen molar-refractivity contribution in [2.45, 2.75) is 24.2 Å². The van der Waals surface area contributed by atoms with Crippen LogP contribution in [-0.2, 0) is 24.6 Å². The fourth-order valence-corrected chi connectivity index (χ4v) is 9.28. The van der Waals surface area contributed by atoms with Crippen molar-refractivity contribution in [3.63, 3.8) is 0 Å². The predicted octanol–water partition coefficient (Wildman–Crippen LogP) is 5.99. The van der Waals surface area contributed by atoms with Crippen LogP contribution >= 0.6 is 11.6 Å². The highest BCUT2D eigenvalue weighted by Crippen LogP contribution is 2.65. The van der Waals surface area contributed by atoms with E-state index in [1.165, 1.54) is 29.2 Å². The number of allylic oxidation sites excluding steroid dienone is 2. The molecule has 4 aromatic carbocycles. The number of carbonyl (C=O) groups excluding carboxylic acids is 4. The van der Waals surface area contributed by atoms with Crippen molar-refractivity contribution in [1.29, 1.82) is 0 Å². The first-order valence-electron chi connectivity index (χ1n) is 17.0. The van der Waals surface area contributed by atoms with Gasteiger partial charge in [0.2, 0.25) is 23.6 Å². The van der Waals surface area contributed by atoms with Crippen molar-refractivity contribution in [3.05, 3.63) is 141 Å². The van der Waals surface area contributed by atoms with Crippen LogP contribution in [0.15, 0.2) is 115 Å². The molecular formula is C40H32ClN3O8. The Kier molecular flexibility index (Phi) is 8.27. The van der Waals surface area contributed by atoms with Crippen molar-refractivity contribution in [2.24, 2.45) is 23.7 Å². The quantitative estimate of drug-likeness (QED) is 0.101. The summed E-state index contributed by atoms with van der Waals surface area (Å²) in [6.45, 7) is -0.282. The molecule has 0 radical (unpaired) electrons. The van der Waals surface area contributed by atoms with Gasteiger partial charge in [0.05, 0.1) is 46.1 Å². The molecule has 2 saturated heterocycles. The monoisotopic (exact) mass is 717 g/mol. The van der Waals surface area contributed by atoms with Gasteiger partial charge in [-0.2, -0.15) is 0 Å². The van der Waals surface area contributed by atoms with Crippen molar-refractivity contribution in [3.8, 4) is 5.75 Å². The minimum absolute atomic E-state index is 0.0225. The van der Waals surface area contributed by atoms with Gasteiger partial charge in [-0.15, -0.1) is 0 Å². The SMILES string of the molecule is O=C1C2CC=C3C(CC4C(=O)N(c5cccc(Cl)c5)C(=O)C4(c4ccccc4)C3c3ccccc3OCCO)C2C(=O)N1c1cccc([N+](=O)[O-])c1. The maximum atomic E-state index is 15.4. The van der Waals surface area contributed by atoms with Gasteiger partial charge < -0.3 is 9.84 Å². The second-order valence-corrected chi connectivity index (χ2v) is 13.9. The van der Waals surface area contributed by atoms with Gasteiger partial charge in [-0.1, -0.05) is 83.9 Å². The van der Waals surface area contributed by atoms with Crippen LogP contribution in [0, 0.1) is 33.8 Å². The first-order chi connectivity index (χ1) is 25.2. The molecule has 2 aliphatic heterocycles. The molecule has 0 bridgehead atoms. The van der Waals surface area contributed by atoms with Gasteiger partial charge in [-0.25, -0.2) is 9.80 Å². The molecule has 12 heteroatoms. The van der Waals surface area contributed by atoms with Crippen LogP contribution in [0.3, 0.4) is 0 Å². The molecule has 4 aliphatic rings. The van der Waals surface area contributed by atoms with E-state index in [1.54, 1.807) is 36.4 Å². The molecule has 0 aromatic heterocycles. The molecule has 6 unspecified atom stereocenters. The van der Waals surface area contributed by atoms with E-state index >= 15 is 4.79 Å². The molecule has 11 nitrogen and oxygen atoms in total. The summed E-state index contributed by atoms with van der Waals surface area (Å²) in [4.78, 5) is 72.2. The van der Waals surface area contributed by atoms with Crippen molar-refractivity contribution in [1.82, 2.24) is 0 Å². The Morgan fingerprint density at radius 3 is 2.27 bits per heavy atom. The molecule has 6 atom stereocenters. The second kappa shape index (κ2) is 12.8. The summed E-state index contributed by atoms with van der Waals surface area (Å²) in [5.74, 6) is -5.60. The number of carbonyl (C=O) groups is 4. The second-order valence-electron chi connectivity index (χ2n) is 13.5. The summed E-state index contributed by atoms with van der Waals surface area (Å²) in [6, 6.07) is 28.3. The van der Waals surface area contributed by atoms with Gasteiger partial charge in [0.1, 0.15) is 12.4 Å². The van der Waals surface area contributed by atoms with Crippen LogP contribution in [0.5, 0.6) is 5.75 Å². The zero-order chi connectivity index (χ0) is 36.3. The zero-order valence-electron chi connectivity index (χ0n) is 27.6. The highest BCUT2D eigenvalue weighted by Gasteiger charge is 2.70. The van der Waals surface area contributed by atoms with E-state index < -0.39 is 63.6 Å². The summed E-state index contributed by atoms with van der Waals surface area (Å²) in [5, 5.41) is 21.7. The maximum absolute atomic E-state index is 15.4. The minimum Gasteiger partial charge on any atom is -0.491 e. The number of nitro benzene ring substituents is 1. The number of nitro groups is 1. The molecule has 52 heavy (non-hydrogen) atoms. The normalized spacial score (nSPS) is 26.5. The lowest BCUT2D eigenvalue weighted by molar-refractivity contribution is -0.384. The lowest BCUT2D eigenvalue weighted by Crippen LogP contribution is -2.53. The van der Waals surface area contributed by atoms with E-state index in [1.807, 2.05) is 48.5 Å².